The van der Waals surface area contributed by atoms with E-state index < -0.39 is 5.97 Å². The minimum atomic E-state index is -0.841. The topological polar surface area (TPSA) is 68.0 Å². The van der Waals surface area contributed by atoms with Crippen molar-refractivity contribution in [1.29, 1.82) is 0 Å². The minimum absolute atomic E-state index is 0.0185. The normalized spacial score (nSPS) is 12.7. The van der Waals surface area contributed by atoms with Gasteiger partial charge in [-0.3, -0.25) is 4.79 Å². The number of carboxylic acid groups (broad SMARTS) is 1. The third-order valence-electron chi connectivity index (χ3n) is 1.75. The molecule has 5 nitrogen and oxygen atoms in total. The molecular weight excluding hydrogens is 234 g/mol. The summed E-state index contributed by atoms with van der Waals surface area (Å²) in [5.74, 6) is 0.135. The van der Waals surface area contributed by atoms with E-state index in [9.17, 15) is 4.79 Å². The molecule has 0 amide bonds. The van der Waals surface area contributed by atoms with E-state index in [1.807, 2.05) is 10.8 Å². The maximum absolute atomic E-state index is 10.4. The fraction of sp³-hybridized carbons (Fsp3) is 0.625. The standard InChI is InChI=1S/C8H13N3O2S2/c1-6(3-14-2)11-5-9-10-8(11)15-4-7(12)13/h5-6H,3-4H2,1-2H3,(H,12,13). The number of carboxylic acids is 1. The fourth-order valence-electron chi connectivity index (χ4n) is 1.09. The SMILES string of the molecule is CSCC(C)n1cnnc1SCC(=O)O. The predicted molar refractivity (Wildman–Crippen MR) is 61.5 cm³/mol. The van der Waals surface area contributed by atoms with Crippen LogP contribution in [0.3, 0.4) is 0 Å². The first-order chi connectivity index (χ1) is 7.15. The minimum Gasteiger partial charge on any atom is -0.481 e. The summed E-state index contributed by atoms with van der Waals surface area (Å²) in [7, 11) is 0. The molecule has 1 rings (SSSR count). The Hall–Kier alpha value is -0.690. The van der Waals surface area contributed by atoms with E-state index in [1.165, 1.54) is 11.8 Å². The first kappa shape index (κ1) is 12.4. The number of aromatic nitrogens is 3. The summed E-state index contributed by atoms with van der Waals surface area (Å²) in [6, 6.07) is 0.284. The Morgan fingerprint density at radius 1 is 1.73 bits per heavy atom. The van der Waals surface area contributed by atoms with Gasteiger partial charge in [-0.1, -0.05) is 11.8 Å². The van der Waals surface area contributed by atoms with Crippen LogP contribution in [0.4, 0.5) is 0 Å². The van der Waals surface area contributed by atoms with Crippen LogP contribution in [0.5, 0.6) is 0 Å². The Bertz CT molecular complexity index is 329. The van der Waals surface area contributed by atoms with E-state index in [2.05, 4.69) is 17.1 Å². The Morgan fingerprint density at radius 3 is 3.07 bits per heavy atom. The Balaban J connectivity index is 2.64. The molecule has 84 valence electrons. The molecule has 0 fully saturated rings. The van der Waals surface area contributed by atoms with E-state index in [1.54, 1.807) is 18.1 Å². The molecule has 1 atom stereocenters. The van der Waals surface area contributed by atoms with Crippen molar-refractivity contribution in [2.24, 2.45) is 0 Å². The average Bonchev–Trinajstić information content (AvgIpc) is 2.62. The zero-order chi connectivity index (χ0) is 11.3. The monoisotopic (exact) mass is 247 g/mol. The second kappa shape index (κ2) is 6.02. The molecule has 0 aliphatic rings. The lowest BCUT2D eigenvalue weighted by atomic mass is 10.4. The van der Waals surface area contributed by atoms with Crippen molar-refractivity contribution in [3.63, 3.8) is 0 Å². The van der Waals surface area contributed by atoms with Crippen molar-refractivity contribution in [1.82, 2.24) is 14.8 Å². The first-order valence-electron chi connectivity index (χ1n) is 4.38. The highest BCUT2D eigenvalue weighted by Gasteiger charge is 2.12. The van der Waals surface area contributed by atoms with Gasteiger partial charge in [0.1, 0.15) is 6.33 Å². The van der Waals surface area contributed by atoms with Crippen LogP contribution in [0.2, 0.25) is 0 Å². The highest BCUT2D eigenvalue weighted by atomic mass is 32.2. The van der Waals surface area contributed by atoms with Crippen LogP contribution in [0.1, 0.15) is 13.0 Å². The molecular formula is C8H13N3O2S2. The van der Waals surface area contributed by atoms with Crippen LogP contribution < -0.4 is 0 Å². The van der Waals surface area contributed by atoms with E-state index in [-0.39, 0.29) is 11.8 Å². The van der Waals surface area contributed by atoms with E-state index >= 15 is 0 Å². The van der Waals surface area contributed by atoms with Gasteiger partial charge in [0.05, 0.1) is 5.75 Å². The van der Waals surface area contributed by atoms with Gasteiger partial charge in [0, 0.05) is 11.8 Å². The van der Waals surface area contributed by atoms with Gasteiger partial charge in [0.15, 0.2) is 5.16 Å². The van der Waals surface area contributed by atoms with Crippen LogP contribution in [-0.4, -0.2) is 43.6 Å². The second-order valence-corrected chi connectivity index (χ2v) is 4.86. The van der Waals surface area contributed by atoms with Crippen LogP contribution in [-0.2, 0) is 4.79 Å². The van der Waals surface area contributed by atoms with Gasteiger partial charge < -0.3 is 9.67 Å². The van der Waals surface area contributed by atoms with Gasteiger partial charge in [-0.25, -0.2) is 0 Å². The van der Waals surface area contributed by atoms with Gasteiger partial charge in [0.2, 0.25) is 0 Å². The maximum atomic E-state index is 10.4. The summed E-state index contributed by atoms with van der Waals surface area (Å²) in [5.41, 5.74) is 0. The lowest BCUT2D eigenvalue weighted by Gasteiger charge is -2.12. The molecule has 0 aliphatic heterocycles. The number of hydrogen-bond acceptors (Lipinski definition) is 5. The summed E-state index contributed by atoms with van der Waals surface area (Å²) >= 11 is 2.94. The highest BCUT2D eigenvalue weighted by molar-refractivity contribution is 7.99. The molecule has 1 aromatic heterocycles. The predicted octanol–water partition coefficient (Wildman–Crippen LogP) is 1.38. The van der Waals surface area contributed by atoms with Gasteiger partial charge in [0.25, 0.3) is 0 Å². The van der Waals surface area contributed by atoms with Crippen molar-refractivity contribution in [3.8, 4) is 0 Å². The molecule has 0 aliphatic carbocycles. The van der Waals surface area contributed by atoms with Crippen LogP contribution >= 0.6 is 23.5 Å². The molecule has 15 heavy (non-hydrogen) atoms. The lowest BCUT2D eigenvalue weighted by Crippen LogP contribution is -2.09. The van der Waals surface area contributed by atoms with E-state index in [0.29, 0.717) is 5.16 Å². The third kappa shape index (κ3) is 3.75. The van der Waals surface area contributed by atoms with Crippen LogP contribution in [0.25, 0.3) is 0 Å². The molecule has 7 heteroatoms. The summed E-state index contributed by atoms with van der Waals surface area (Å²) in [5, 5.41) is 16.9. The molecule has 0 radical (unpaired) electrons. The van der Waals surface area contributed by atoms with Crippen molar-refractivity contribution in [2.45, 2.75) is 18.1 Å². The van der Waals surface area contributed by atoms with Gasteiger partial charge in [-0.15, -0.1) is 10.2 Å². The molecule has 0 saturated carbocycles. The van der Waals surface area contributed by atoms with Gasteiger partial charge in [-0.05, 0) is 13.2 Å². The number of nitrogens with zero attached hydrogens (tertiary/aromatic N) is 3. The third-order valence-corrected chi connectivity index (χ3v) is 3.51. The highest BCUT2D eigenvalue weighted by Crippen LogP contribution is 2.20. The molecule has 0 aromatic carbocycles. The number of hydrogen-bond donors (Lipinski definition) is 1. The summed E-state index contributed by atoms with van der Waals surface area (Å²) in [6.45, 7) is 2.06. The summed E-state index contributed by atoms with van der Waals surface area (Å²) in [4.78, 5) is 10.4. The first-order valence-corrected chi connectivity index (χ1v) is 6.76. The zero-order valence-corrected chi connectivity index (χ0v) is 10.2. The fourth-order valence-corrected chi connectivity index (χ4v) is 2.46. The molecule has 0 saturated heterocycles. The quantitative estimate of drug-likeness (QED) is 0.766. The Kier molecular flexibility index (Phi) is 4.97. The molecule has 1 heterocycles. The smallest absolute Gasteiger partial charge is 0.313 e. The van der Waals surface area contributed by atoms with Crippen LogP contribution in [0.15, 0.2) is 11.5 Å². The summed E-state index contributed by atoms with van der Waals surface area (Å²) in [6.07, 6.45) is 3.68. The van der Waals surface area contributed by atoms with Crippen molar-refractivity contribution < 1.29 is 9.90 Å². The lowest BCUT2D eigenvalue weighted by molar-refractivity contribution is -0.133. The molecule has 1 unspecified atom stereocenters. The van der Waals surface area contributed by atoms with Crippen molar-refractivity contribution >= 4 is 29.5 Å². The zero-order valence-electron chi connectivity index (χ0n) is 8.58. The van der Waals surface area contributed by atoms with Crippen molar-refractivity contribution in [2.75, 3.05) is 17.8 Å². The second-order valence-electron chi connectivity index (χ2n) is 3.01. The number of aliphatic carboxylic acids is 1. The average molecular weight is 247 g/mol. The molecule has 1 aromatic rings. The Morgan fingerprint density at radius 2 is 2.47 bits per heavy atom. The maximum Gasteiger partial charge on any atom is 0.313 e. The van der Waals surface area contributed by atoms with Gasteiger partial charge >= 0.3 is 5.97 Å². The van der Waals surface area contributed by atoms with E-state index in [4.69, 9.17) is 5.11 Å². The Labute approximate surface area is 96.6 Å². The largest absolute Gasteiger partial charge is 0.481 e. The number of carbonyl (C=O) groups is 1. The van der Waals surface area contributed by atoms with Gasteiger partial charge in [-0.2, -0.15) is 11.8 Å². The summed E-state index contributed by atoms with van der Waals surface area (Å²) < 4.78 is 1.91. The molecule has 0 bridgehead atoms. The van der Waals surface area contributed by atoms with Crippen LogP contribution in [0, 0.1) is 0 Å². The molecule has 0 spiro atoms. The number of thioether (sulfide) groups is 2. The van der Waals surface area contributed by atoms with Crippen molar-refractivity contribution in [3.05, 3.63) is 6.33 Å². The number of rotatable bonds is 6. The molecule has 1 N–H and O–H groups in total. The van der Waals surface area contributed by atoms with E-state index in [0.717, 1.165) is 5.75 Å².